The van der Waals surface area contributed by atoms with Gasteiger partial charge in [-0.2, -0.15) is 4.98 Å². The van der Waals surface area contributed by atoms with Crippen LogP contribution in [-0.2, 0) is 4.74 Å². The number of pyridine rings is 1. The molecule has 9 heteroatoms. The predicted octanol–water partition coefficient (Wildman–Crippen LogP) is 2.00. The van der Waals surface area contributed by atoms with Gasteiger partial charge in [-0.25, -0.2) is 9.97 Å². The first-order valence-corrected chi connectivity index (χ1v) is 10.9. The molecule has 0 spiro atoms. The molecule has 1 saturated heterocycles. The molecule has 9 nitrogen and oxygen atoms in total. The number of nitrogens with two attached hydrogens (primary N) is 1. The molecule has 0 atom stereocenters. The zero-order chi connectivity index (χ0) is 20.6. The number of hydrogen-bond donors (Lipinski definition) is 4. The molecule has 0 bridgehead atoms. The molecule has 1 aliphatic carbocycles. The van der Waals surface area contributed by atoms with Crippen molar-refractivity contribution in [1.82, 2.24) is 19.9 Å². The minimum absolute atomic E-state index is 0.574. The van der Waals surface area contributed by atoms with E-state index in [1.165, 1.54) is 18.4 Å². The van der Waals surface area contributed by atoms with E-state index in [0.29, 0.717) is 18.4 Å². The van der Waals surface area contributed by atoms with Crippen molar-refractivity contribution in [2.45, 2.75) is 25.2 Å². The highest BCUT2D eigenvalue weighted by Gasteiger charge is 2.27. The molecular formula is C21H32N8O. The summed E-state index contributed by atoms with van der Waals surface area (Å²) in [5.41, 5.74) is 7.68. The lowest BCUT2D eigenvalue weighted by molar-refractivity contribution is 0.0398. The number of rotatable bonds is 11. The van der Waals surface area contributed by atoms with Crippen LogP contribution in [0.5, 0.6) is 0 Å². The van der Waals surface area contributed by atoms with E-state index in [1.807, 2.05) is 18.3 Å². The molecule has 0 radical (unpaired) electrons. The van der Waals surface area contributed by atoms with Gasteiger partial charge in [0.25, 0.3) is 0 Å². The van der Waals surface area contributed by atoms with E-state index >= 15 is 0 Å². The average Bonchev–Trinajstić information content (AvgIpc) is 3.62. The van der Waals surface area contributed by atoms with Crippen LogP contribution in [0.4, 0.5) is 23.3 Å². The standard InChI is InChI=1S/C21H32N8O/c22-6-1-7-24-20-18(16-2-3-16)15-26-21(28-20)27-17-4-5-19(25-14-17)23-8-9-29-10-12-30-13-11-29/h4-5,14-16H,1-3,6-13,22H2,(H,23,25)(H2,24,26,27,28). The minimum atomic E-state index is 0.574. The van der Waals surface area contributed by atoms with Crippen LogP contribution in [0.1, 0.15) is 30.7 Å². The SMILES string of the molecule is NCCCNc1nc(Nc2ccc(NCCN3CCOCC3)nc2)ncc1C1CC1. The quantitative estimate of drug-likeness (QED) is 0.412. The zero-order valence-corrected chi connectivity index (χ0v) is 17.4. The lowest BCUT2D eigenvalue weighted by atomic mass is 10.2. The second-order valence-corrected chi connectivity index (χ2v) is 7.78. The van der Waals surface area contributed by atoms with E-state index in [9.17, 15) is 0 Å². The minimum Gasteiger partial charge on any atom is -0.379 e. The van der Waals surface area contributed by atoms with Crippen LogP contribution < -0.4 is 21.7 Å². The van der Waals surface area contributed by atoms with Crippen molar-refractivity contribution in [3.8, 4) is 0 Å². The summed E-state index contributed by atoms with van der Waals surface area (Å²) in [6, 6.07) is 3.96. The summed E-state index contributed by atoms with van der Waals surface area (Å²) in [7, 11) is 0. The fourth-order valence-corrected chi connectivity index (χ4v) is 3.46. The van der Waals surface area contributed by atoms with Crippen LogP contribution in [0.25, 0.3) is 0 Å². The Labute approximate surface area is 177 Å². The van der Waals surface area contributed by atoms with Crippen LogP contribution in [-0.4, -0.2) is 72.3 Å². The molecule has 1 aliphatic heterocycles. The topological polar surface area (TPSA) is 113 Å². The number of morpholine rings is 1. The molecule has 162 valence electrons. The summed E-state index contributed by atoms with van der Waals surface area (Å²) in [5.74, 6) is 2.94. The molecule has 2 aromatic heterocycles. The van der Waals surface area contributed by atoms with Gasteiger partial charge in [0.2, 0.25) is 5.95 Å². The first-order valence-electron chi connectivity index (χ1n) is 10.9. The van der Waals surface area contributed by atoms with Gasteiger partial charge in [-0.15, -0.1) is 0 Å². The molecule has 2 aromatic rings. The van der Waals surface area contributed by atoms with E-state index in [1.54, 1.807) is 6.20 Å². The summed E-state index contributed by atoms with van der Waals surface area (Å²) in [6.45, 7) is 7.00. The van der Waals surface area contributed by atoms with Crippen LogP contribution in [0, 0.1) is 0 Å². The van der Waals surface area contributed by atoms with Gasteiger partial charge < -0.3 is 26.4 Å². The van der Waals surface area contributed by atoms with Crippen molar-refractivity contribution in [2.75, 3.05) is 68.4 Å². The lowest BCUT2D eigenvalue weighted by Gasteiger charge is -2.26. The Morgan fingerprint density at radius 3 is 2.67 bits per heavy atom. The second-order valence-electron chi connectivity index (χ2n) is 7.78. The first kappa shape index (κ1) is 20.8. The Morgan fingerprint density at radius 2 is 1.93 bits per heavy atom. The molecule has 4 rings (SSSR count). The van der Waals surface area contributed by atoms with Gasteiger partial charge in [-0.1, -0.05) is 0 Å². The molecule has 0 aromatic carbocycles. The van der Waals surface area contributed by atoms with E-state index in [0.717, 1.165) is 69.7 Å². The largest absolute Gasteiger partial charge is 0.379 e. The number of aromatic nitrogens is 3. The maximum atomic E-state index is 5.61. The Bertz CT molecular complexity index is 790. The van der Waals surface area contributed by atoms with Gasteiger partial charge in [0, 0.05) is 44.5 Å². The highest BCUT2D eigenvalue weighted by atomic mass is 16.5. The smallest absolute Gasteiger partial charge is 0.229 e. The highest BCUT2D eigenvalue weighted by molar-refractivity contribution is 5.57. The maximum absolute atomic E-state index is 5.61. The zero-order valence-electron chi connectivity index (χ0n) is 17.4. The van der Waals surface area contributed by atoms with Gasteiger partial charge in [-0.3, -0.25) is 4.90 Å². The first-order chi connectivity index (χ1) is 14.8. The van der Waals surface area contributed by atoms with Crippen molar-refractivity contribution < 1.29 is 4.74 Å². The summed E-state index contributed by atoms with van der Waals surface area (Å²) in [4.78, 5) is 16.1. The monoisotopic (exact) mass is 412 g/mol. The number of ether oxygens (including phenoxy) is 1. The van der Waals surface area contributed by atoms with Crippen LogP contribution in [0.15, 0.2) is 24.5 Å². The van der Waals surface area contributed by atoms with E-state index in [4.69, 9.17) is 15.5 Å². The highest BCUT2D eigenvalue weighted by Crippen LogP contribution is 2.42. The molecule has 30 heavy (non-hydrogen) atoms. The summed E-state index contributed by atoms with van der Waals surface area (Å²) in [6.07, 6.45) is 7.08. The predicted molar refractivity (Wildman–Crippen MR) is 119 cm³/mol. The van der Waals surface area contributed by atoms with Crippen molar-refractivity contribution >= 4 is 23.3 Å². The van der Waals surface area contributed by atoms with E-state index < -0.39 is 0 Å². The van der Waals surface area contributed by atoms with Crippen molar-refractivity contribution in [3.05, 3.63) is 30.1 Å². The Morgan fingerprint density at radius 1 is 1.07 bits per heavy atom. The third-order valence-corrected chi connectivity index (χ3v) is 5.37. The van der Waals surface area contributed by atoms with Crippen molar-refractivity contribution in [2.24, 2.45) is 5.73 Å². The lowest BCUT2D eigenvalue weighted by Crippen LogP contribution is -2.39. The number of nitrogens with zero attached hydrogens (tertiary/aromatic N) is 4. The Kier molecular flexibility index (Phi) is 7.28. The summed E-state index contributed by atoms with van der Waals surface area (Å²) < 4.78 is 5.38. The fourth-order valence-electron chi connectivity index (χ4n) is 3.46. The third kappa shape index (κ3) is 6.01. The van der Waals surface area contributed by atoms with Crippen LogP contribution in [0.2, 0.25) is 0 Å². The van der Waals surface area contributed by atoms with Crippen molar-refractivity contribution in [3.63, 3.8) is 0 Å². The van der Waals surface area contributed by atoms with E-state index in [2.05, 4.69) is 30.8 Å². The van der Waals surface area contributed by atoms with Crippen LogP contribution in [0.3, 0.4) is 0 Å². The maximum Gasteiger partial charge on any atom is 0.229 e. The molecule has 2 fully saturated rings. The number of nitrogens with one attached hydrogen (secondary N) is 3. The van der Waals surface area contributed by atoms with Gasteiger partial charge in [0.15, 0.2) is 0 Å². The second kappa shape index (κ2) is 10.5. The molecule has 2 aliphatic rings. The molecule has 0 amide bonds. The average molecular weight is 413 g/mol. The van der Waals surface area contributed by atoms with Gasteiger partial charge in [0.05, 0.1) is 25.1 Å². The third-order valence-electron chi connectivity index (χ3n) is 5.37. The van der Waals surface area contributed by atoms with E-state index in [-0.39, 0.29) is 0 Å². The molecular weight excluding hydrogens is 380 g/mol. The Balaban J connectivity index is 1.30. The van der Waals surface area contributed by atoms with Crippen molar-refractivity contribution in [1.29, 1.82) is 0 Å². The number of hydrogen-bond acceptors (Lipinski definition) is 9. The molecule has 5 N–H and O–H groups in total. The summed E-state index contributed by atoms with van der Waals surface area (Å²) in [5, 5.41) is 10.0. The summed E-state index contributed by atoms with van der Waals surface area (Å²) >= 11 is 0. The molecule has 1 saturated carbocycles. The number of anilines is 4. The van der Waals surface area contributed by atoms with Gasteiger partial charge in [0.1, 0.15) is 11.6 Å². The Hall–Kier alpha value is -2.49. The van der Waals surface area contributed by atoms with Crippen LogP contribution >= 0.6 is 0 Å². The normalized spacial score (nSPS) is 17.0. The fraction of sp³-hybridized carbons (Fsp3) is 0.571. The van der Waals surface area contributed by atoms with Gasteiger partial charge in [-0.05, 0) is 43.9 Å². The van der Waals surface area contributed by atoms with Gasteiger partial charge >= 0.3 is 0 Å². The molecule has 0 unspecified atom stereocenters. The molecule has 3 heterocycles.